The van der Waals surface area contributed by atoms with E-state index in [9.17, 15) is 4.39 Å². The van der Waals surface area contributed by atoms with Gasteiger partial charge in [0, 0.05) is 5.54 Å². The van der Waals surface area contributed by atoms with Crippen LogP contribution in [-0.2, 0) is 5.54 Å². The van der Waals surface area contributed by atoms with Gasteiger partial charge < -0.3 is 5.73 Å². The second-order valence-electron chi connectivity index (χ2n) is 3.68. The van der Waals surface area contributed by atoms with E-state index in [2.05, 4.69) is 0 Å². The zero-order chi connectivity index (χ0) is 9.35. The molecule has 0 unspecified atom stereocenters. The zero-order valence-corrected chi connectivity index (χ0v) is 7.69. The third-order valence-corrected chi connectivity index (χ3v) is 1.88. The number of hydrogen-bond donors (Lipinski definition) is 1. The maximum Gasteiger partial charge on any atom is 0.123 e. The van der Waals surface area contributed by atoms with Crippen molar-refractivity contribution in [2.24, 2.45) is 5.73 Å². The van der Waals surface area contributed by atoms with Crippen LogP contribution in [0.3, 0.4) is 0 Å². The van der Waals surface area contributed by atoms with Crippen molar-refractivity contribution in [1.82, 2.24) is 0 Å². The van der Waals surface area contributed by atoms with Crippen LogP contribution in [0.25, 0.3) is 0 Å². The summed E-state index contributed by atoms with van der Waals surface area (Å²) in [5, 5.41) is 0. The van der Waals surface area contributed by atoms with Gasteiger partial charge in [0.05, 0.1) is 0 Å². The van der Waals surface area contributed by atoms with Crippen molar-refractivity contribution in [1.29, 1.82) is 0 Å². The lowest BCUT2D eigenvalue weighted by Gasteiger charge is -2.21. The first-order valence-corrected chi connectivity index (χ1v) is 3.97. The molecule has 1 nitrogen and oxygen atoms in total. The van der Waals surface area contributed by atoms with Gasteiger partial charge in [0.25, 0.3) is 0 Å². The van der Waals surface area contributed by atoms with Crippen LogP contribution in [0.5, 0.6) is 0 Å². The Hall–Kier alpha value is -0.890. The fourth-order valence-corrected chi connectivity index (χ4v) is 1.35. The molecular formula is C10H14FN. The molecule has 1 aromatic rings. The quantitative estimate of drug-likeness (QED) is 0.682. The fraction of sp³-hybridized carbons (Fsp3) is 0.400. The number of benzene rings is 1. The van der Waals surface area contributed by atoms with Gasteiger partial charge in [-0.3, -0.25) is 0 Å². The Kier molecular flexibility index (Phi) is 2.20. The highest BCUT2D eigenvalue weighted by molar-refractivity contribution is 5.31. The van der Waals surface area contributed by atoms with E-state index in [-0.39, 0.29) is 5.82 Å². The van der Waals surface area contributed by atoms with Crippen LogP contribution in [0, 0.1) is 12.7 Å². The standard InChI is InChI=1S/C10H14FN/c1-7-6-8(11)4-5-9(7)10(2,3)12/h4-6H,12H2,1-3H3. The number of nitrogens with two attached hydrogens (primary N) is 1. The summed E-state index contributed by atoms with van der Waals surface area (Å²) in [5.41, 5.74) is 7.39. The van der Waals surface area contributed by atoms with Crippen molar-refractivity contribution in [2.75, 3.05) is 0 Å². The lowest BCUT2D eigenvalue weighted by Crippen LogP contribution is -2.29. The molecule has 66 valence electrons. The molecule has 0 saturated carbocycles. The van der Waals surface area contributed by atoms with Crippen LogP contribution >= 0.6 is 0 Å². The molecule has 0 aliphatic heterocycles. The first-order valence-electron chi connectivity index (χ1n) is 3.97. The van der Waals surface area contributed by atoms with E-state index in [0.717, 1.165) is 11.1 Å². The molecule has 0 aromatic heterocycles. The molecule has 0 amide bonds. The smallest absolute Gasteiger partial charge is 0.123 e. The number of aryl methyl sites for hydroxylation is 1. The van der Waals surface area contributed by atoms with Crippen LogP contribution in [0.2, 0.25) is 0 Å². The Balaban J connectivity index is 3.19. The minimum Gasteiger partial charge on any atom is -0.322 e. The number of hydrogen-bond acceptors (Lipinski definition) is 1. The predicted octanol–water partition coefficient (Wildman–Crippen LogP) is 2.33. The van der Waals surface area contributed by atoms with E-state index in [0.29, 0.717) is 0 Å². The van der Waals surface area contributed by atoms with Gasteiger partial charge in [-0.25, -0.2) is 4.39 Å². The summed E-state index contributed by atoms with van der Waals surface area (Å²) < 4.78 is 12.7. The molecule has 0 radical (unpaired) electrons. The van der Waals surface area contributed by atoms with Crippen molar-refractivity contribution in [3.05, 3.63) is 35.1 Å². The van der Waals surface area contributed by atoms with Gasteiger partial charge in [-0.1, -0.05) is 6.07 Å². The van der Waals surface area contributed by atoms with Crippen LogP contribution in [0.4, 0.5) is 4.39 Å². The minimum absolute atomic E-state index is 0.208. The SMILES string of the molecule is Cc1cc(F)ccc1C(C)(C)N. The van der Waals surface area contributed by atoms with Crippen molar-refractivity contribution in [2.45, 2.75) is 26.3 Å². The molecule has 1 aromatic carbocycles. The Morgan fingerprint density at radius 2 is 1.92 bits per heavy atom. The van der Waals surface area contributed by atoms with Crippen molar-refractivity contribution < 1.29 is 4.39 Å². The van der Waals surface area contributed by atoms with Gasteiger partial charge in [-0.2, -0.15) is 0 Å². The molecular weight excluding hydrogens is 153 g/mol. The molecule has 1 rings (SSSR count). The Labute approximate surface area is 72.4 Å². The predicted molar refractivity (Wildman–Crippen MR) is 48.4 cm³/mol. The molecule has 0 heterocycles. The van der Waals surface area contributed by atoms with E-state index in [4.69, 9.17) is 5.73 Å². The first-order chi connectivity index (χ1) is 5.41. The monoisotopic (exact) mass is 167 g/mol. The maximum atomic E-state index is 12.7. The fourth-order valence-electron chi connectivity index (χ4n) is 1.35. The average Bonchev–Trinajstić information content (AvgIpc) is 1.83. The van der Waals surface area contributed by atoms with Gasteiger partial charge in [-0.05, 0) is 44.0 Å². The molecule has 0 atom stereocenters. The zero-order valence-electron chi connectivity index (χ0n) is 7.69. The molecule has 12 heavy (non-hydrogen) atoms. The summed E-state index contributed by atoms with van der Waals surface area (Å²) >= 11 is 0. The summed E-state index contributed by atoms with van der Waals surface area (Å²) in [6.45, 7) is 5.69. The van der Waals surface area contributed by atoms with Gasteiger partial charge in [-0.15, -0.1) is 0 Å². The van der Waals surface area contributed by atoms with Crippen LogP contribution in [-0.4, -0.2) is 0 Å². The lowest BCUT2D eigenvalue weighted by atomic mass is 9.92. The van der Waals surface area contributed by atoms with Crippen molar-refractivity contribution >= 4 is 0 Å². The van der Waals surface area contributed by atoms with Crippen LogP contribution in [0.1, 0.15) is 25.0 Å². The number of rotatable bonds is 1. The van der Waals surface area contributed by atoms with Gasteiger partial charge in [0.1, 0.15) is 5.82 Å². The summed E-state index contributed by atoms with van der Waals surface area (Å²) in [7, 11) is 0. The Morgan fingerprint density at radius 3 is 2.33 bits per heavy atom. The molecule has 0 aliphatic rings. The van der Waals surface area contributed by atoms with E-state index >= 15 is 0 Å². The molecule has 0 spiro atoms. The topological polar surface area (TPSA) is 26.0 Å². The van der Waals surface area contributed by atoms with E-state index < -0.39 is 5.54 Å². The summed E-state index contributed by atoms with van der Waals surface area (Å²) in [4.78, 5) is 0. The molecule has 2 heteroatoms. The normalized spacial score (nSPS) is 11.8. The molecule has 0 saturated heterocycles. The molecule has 0 aliphatic carbocycles. The highest BCUT2D eigenvalue weighted by Gasteiger charge is 2.16. The summed E-state index contributed by atoms with van der Waals surface area (Å²) in [6, 6.07) is 4.69. The van der Waals surface area contributed by atoms with E-state index in [1.165, 1.54) is 12.1 Å². The van der Waals surface area contributed by atoms with Crippen LogP contribution in [0.15, 0.2) is 18.2 Å². The first kappa shape index (κ1) is 9.20. The Morgan fingerprint density at radius 1 is 1.33 bits per heavy atom. The molecule has 0 fully saturated rings. The van der Waals surface area contributed by atoms with Gasteiger partial charge in [0.15, 0.2) is 0 Å². The highest BCUT2D eigenvalue weighted by atomic mass is 19.1. The van der Waals surface area contributed by atoms with E-state index in [1.807, 2.05) is 20.8 Å². The van der Waals surface area contributed by atoms with Crippen molar-refractivity contribution in [3.8, 4) is 0 Å². The molecule has 2 N–H and O–H groups in total. The van der Waals surface area contributed by atoms with Crippen LogP contribution < -0.4 is 5.73 Å². The van der Waals surface area contributed by atoms with Gasteiger partial charge >= 0.3 is 0 Å². The number of halogens is 1. The second kappa shape index (κ2) is 2.87. The average molecular weight is 167 g/mol. The largest absolute Gasteiger partial charge is 0.322 e. The third kappa shape index (κ3) is 1.83. The molecule has 0 bridgehead atoms. The third-order valence-electron chi connectivity index (χ3n) is 1.88. The maximum absolute atomic E-state index is 12.7. The van der Waals surface area contributed by atoms with E-state index in [1.54, 1.807) is 6.07 Å². The summed E-state index contributed by atoms with van der Waals surface area (Å²) in [5.74, 6) is -0.208. The highest BCUT2D eigenvalue weighted by Crippen LogP contribution is 2.21. The summed E-state index contributed by atoms with van der Waals surface area (Å²) in [6.07, 6.45) is 0. The lowest BCUT2D eigenvalue weighted by molar-refractivity contribution is 0.546. The van der Waals surface area contributed by atoms with Gasteiger partial charge in [0.2, 0.25) is 0 Å². The second-order valence-corrected chi connectivity index (χ2v) is 3.68. The Bertz CT molecular complexity index is 286. The minimum atomic E-state index is -0.391. The van der Waals surface area contributed by atoms with Crippen molar-refractivity contribution in [3.63, 3.8) is 0 Å².